The maximum absolute atomic E-state index is 12.4. The van der Waals surface area contributed by atoms with Gasteiger partial charge in [-0.3, -0.25) is 4.79 Å². The van der Waals surface area contributed by atoms with Crippen molar-refractivity contribution >= 4 is 11.6 Å². The average molecular weight is 262 g/mol. The molecule has 0 saturated carbocycles. The molecule has 2 aliphatic rings. The molecule has 0 aliphatic carbocycles. The molecule has 1 aromatic carbocycles. The number of nitrogens with zero attached hydrogens (tertiary/aromatic N) is 1. The summed E-state index contributed by atoms with van der Waals surface area (Å²) in [5, 5.41) is 0. The molecule has 1 amide bonds. The number of hydrogen-bond acceptors (Lipinski definition) is 4. The molecule has 2 saturated heterocycles. The summed E-state index contributed by atoms with van der Waals surface area (Å²) >= 11 is 0. The van der Waals surface area contributed by atoms with Gasteiger partial charge in [-0.25, -0.2) is 0 Å². The number of benzene rings is 1. The van der Waals surface area contributed by atoms with Gasteiger partial charge < -0.3 is 20.1 Å². The van der Waals surface area contributed by atoms with Crippen LogP contribution in [0, 0.1) is 5.41 Å². The van der Waals surface area contributed by atoms with E-state index in [1.807, 2.05) is 4.90 Å². The van der Waals surface area contributed by atoms with Crippen LogP contribution in [0.2, 0.25) is 0 Å². The van der Waals surface area contributed by atoms with Gasteiger partial charge >= 0.3 is 0 Å². The fraction of sp³-hybridized carbons (Fsp3) is 0.500. The maximum Gasteiger partial charge on any atom is 0.254 e. The van der Waals surface area contributed by atoms with Gasteiger partial charge in [-0.1, -0.05) is 0 Å². The van der Waals surface area contributed by atoms with E-state index in [2.05, 4.69) is 0 Å². The zero-order valence-corrected chi connectivity index (χ0v) is 11.0. The Hall–Kier alpha value is -1.75. The minimum absolute atomic E-state index is 0.0436. The molecule has 1 aromatic rings. The van der Waals surface area contributed by atoms with E-state index >= 15 is 0 Å². The summed E-state index contributed by atoms with van der Waals surface area (Å²) in [7, 11) is 1.55. The van der Waals surface area contributed by atoms with Crippen LogP contribution in [0.5, 0.6) is 5.75 Å². The van der Waals surface area contributed by atoms with Crippen LogP contribution in [0.1, 0.15) is 16.8 Å². The highest BCUT2D eigenvalue weighted by molar-refractivity contribution is 5.95. The van der Waals surface area contributed by atoms with Gasteiger partial charge in [0.15, 0.2) is 0 Å². The highest BCUT2D eigenvalue weighted by atomic mass is 16.5. The van der Waals surface area contributed by atoms with Gasteiger partial charge in [0.2, 0.25) is 0 Å². The largest absolute Gasteiger partial charge is 0.495 e. The lowest BCUT2D eigenvalue weighted by Gasteiger charge is -2.37. The highest BCUT2D eigenvalue weighted by Gasteiger charge is 2.45. The van der Waals surface area contributed by atoms with Crippen molar-refractivity contribution in [2.75, 3.05) is 39.1 Å². The van der Waals surface area contributed by atoms with Crippen LogP contribution in [-0.2, 0) is 4.74 Å². The molecule has 3 rings (SSSR count). The Morgan fingerprint density at radius 1 is 1.47 bits per heavy atom. The van der Waals surface area contributed by atoms with Crippen molar-refractivity contribution < 1.29 is 14.3 Å². The van der Waals surface area contributed by atoms with Crippen LogP contribution >= 0.6 is 0 Å². The number of nitrogens with two attached hydrogens (primary N) is 1. The Bertz CT molecular complexity index is 511. The Kier molecular flexibility index (Phi) is 2.86. The summed E-state index contributed by atoms with van der Waals surface area (Å²) in [4.78, 5) is 14.3. The first kappa shape index (κ1) is 12.3. The Morgan fingerprint density at radius 3 is 2.84 bits per heavy atom. The first-order valence-electron chi connectivity index (χ1n) is 6.44. The van der Waals surface area contributed by atoms with Gasteiger partial charge in [0.25, 0.3) is 5.91 Å². The second kappa shape index (κ2) is 4.42. The summed E-state index contributed by atoms with van der Waals surface area (Å²) < 4.78 is 10.4. The van der Waals surface area contributed by atoms with Crippen LogP contribution in [0.25, 0.3) is 0 Å². The summed E-state index contributed by atoms with van der Waals surface area (Å²) in [6.45, 7) is 3.15. The first-order valence-corrected chi connectivity index (χ1v) is 6.44. The fourth-order valence-electron chi connectivity index (χ4n) is 2.76. The molecule has 0 unspecified atom stereocenters. The van der Waals surface area contributed by atoms with E-state index < -0.39 is 0 Å². The number of carbonyl (C=O) groups is 1. The van der Waals surface area contributed by atoms with Crippen molar-refractivity contribution in [2.45, 2.75) is 6.42 Å². The van der Waals surface area contributed by atoms with E-state index in [0.29, 0.717) is 17.0 Å². The van der Waals surface area contributed by atoms with Crippen molar-refractivity contribution in [1.29, 1.82) is 0 Å². The number of hydrogen-bond donors (Lipinski definition) is 1. The number of amides is 1. The number of likely N-dealkylation sites (tertiary alicyclic amines) is 1. The SMILES string of the molecule is COc1cc(C(=O)N2CCC3(COC3)C2)ccc1N. The normalized spacial score (nSPS) is 20.4. The molecule has 19 heavy (non-hydrogen) atoms. The third-order valence-electron chi connectivity index (χ3n) is 4.02. The minimum Gasteiger partial charge on any atom is -0.495 e. The zero-order chi connectivity index (χ0) is 13.5. The Morgan fingerprint density at radius 2 is 2.26 bits per heavy atom. The molecular weight excluding hydrogens is 244 g/mol. The molecule has 2 heterocycles. The predicted octanol–water partition coefficient (Wildman–Crippen LogP) is 1.14. The average Bonchev–Trinajstić information content (AvgIpc) is 2.84. The first-order chi connectivity index (χ1) is 9.13. The van der Waals surface area contributed by atoms with Crippen molar-refractivity contribution in [3.63, 3.8) is 0 Å². The van der Waals surface area contributed by atoms with Crippen molar-refractivity contribution in [2.24, 2.45) is 5.41 Å². The topological polar surface area (TPSA) is 64.8 Å². The van der Waals surface area contributed by atoms with Gasteiger partial charge in [-0.05, 0) is 24.6 Å². The van der Waals surface area contributed by atoms with E-state index in [4.69, 9.17) is 15.2 Å². The van der Waals surface area contributed by atoms with Crippen LogP contribution < -0.4 is 10.5 Å². The smallest absolute Gasteiger partial charge is 0.254 e. The molecule has 2 fully saturated rings. The van der Waals surface area contributed by atoms with Crippen LogP contribution in [0.3, 0.4) is 0 Å². The lowest BCUT2D eigenvalue weighted by atomic mass is 9.85. The molecule has 0 radical (unpaired) electrons. The van der Waals surface area contributed by atoms with Gasteiger partial charge in [-0.2, -0.15) is 0 Å². The zero-order valence-electron chi connectivity index (χ0n) is 11.0. The summed E-state index contributed by atoms with van der Waals surface area (Å²) in [6.07, 6.45) is 1.03. The molecule has 5 nitrogen and oxygen atoms in total. The maximum atomic E-state index is 12.4. The van der Waals surface area contributed by atoms with Gasteiger partial charge in [0, 0.05) is 24.1 Å². The van der Waals surface area contributed by atoms with Crippen molar-refractivity contribution in [3.05, 3.63) is 23.8 Å². The van der Waals surface area contributed by atoms with E-state index in [1.54, 1.807) is 25.3 Å². The van der Waals surface area contributed by atoms with Gasteiger partial charge in [0.1, 0.15) is 5.75 Å². The monoisotopic (exact) mass is 262 g/mol. The molecule has 0 bridgehead atoms. The number of anilines is 1. The predicted molar refractivity (Wildman–Crippen MR) is 71.2 cm³/mol. The van der Waals surface area contributed by atoms with E-state index in [-0.39, 0.29) is 11.3 Å². The molecule has 0 atom stereocenters. The molecule has 1 spiro atoms. The summed E-state index contributed by atoms with van der Waals surface area (Å²) in [6, 6.07) is 5.17. The molecule has 5 heteroatoms. The quantitative estimate of drug-likeness (QED) is 0.812. The molecule has 2 N–H and O–H groups in total. The van der Waals surface area contributed by atoms with Crippen LogP contribution in [-0.4, -0.2) is 44.2 Å². The lowest BCUT2D eigenvalue weighted by molar-refractivity contribution is -0.103. The number of nitrogen functional groups attached to an aromatic ring is 1. The fourth-order valence-corrected chi connectivity index (χ4v) is 2.76. The molecular formula is C14H18N2O3. The van der Waals surface area contributed by atoms with E-state index in [0.717, 1.165) is 32.7 Å². The second-order valence-corrected chi connectivity index (χ2v) is 5.43. The minimum atomic E-state index is 0.0436. The highest BCUT2D eigenvalue weighted by Crippen LogP contribution is 2.38. The van der Waals surface area contributed by atoms with Crippen LogP contribution in [0.4, 0.5) is 5.69 Å². The third kappa shape index (κ3) is 2.04. The van der Waals surface area contributed by atoms with E-state index in [9.17, 15) is 4.79 Å². The van der Waals surface area contributed by atoms with Crippen molar-refractivity contribution in [3.8, 4) is 5.75 Å². The van der Waals surface area contributed by atoms with E-state index in [1.165, 1.54) is 0 Å². The van der Waals surface area contributed by atoms with Gasteiger partial charge in [-0.15, -0.1) is 0 Å². The van der Waals surface area contributed by atoms with Gasteiger partial charge in [0.05, 0.1) is 26.0 Å². The van der Waals surface area contributed by atoms with Crippen LogP contribution in [0.15, 0.2) is 18.2 Å². The Labute approximate surface area is 112 Å². The summed E-state index contributed by atoms with van der Waals surface area (Å²) in [5.41, 5.74) is 7.15. The second-order valence-electron chi connectivity index (χ2n) is 5.43. The lowest BCUT2D eigenvalue weighted by Crippen LogP contribution is -2.45. The molecule has 2 aliphatic heterocycles. The number of rotatable bonds is 2. The number of ether oxygens (including phenoxy) is 2. The van der Waals surface area contributed by atoms with Crippen molar-refractivity contribution in [1.82, 2.24) is 4.90 Å². The standard InChI is InChI=1S/C14H18N2O3/c1-18-12-6-10(2-3-11(12)15)13(17)16-5-4-14(7-16)8-19-9-14/h2-3,6H,4-5,7-9,15H2,1H3. The number of methoxy groups -OCH3 is 1. The third-order valence-corrected chi connectivity index (χ3v) is 4.02. The molecule has 0 aromatic heterocycles. The summed E-state index contributed by atoms with van der Waals surface area (Å²) in [5.74, 6) is 0.591. The Balaban J connectivity index is 1.77. The molecule has 102 valence electrons. The number of carbonyl (C=O) groups excluding carboxylic acids is 1.